The van der Waals surface area contributed by atoms with Gasteiger partial charge >= 0.3 is 0 Å². The van der Waals surface area contributed by atoms with E-state index in [2.05, 4.69) is 0 Å². The lowest BCUT2D eigenvalue weighted by Crippen LogP contribution is -2.51. The zero-order valence-corrected chi connectivity index (χ0v) is 12.1. The zero-order valence-electron chi connectivity index (χ0n) is 11.2. The van der Waals surface area contributed by atoms with Crippen LogP contribution in [0.2, 0.25) is 0 Å². The van der Waals surface area contributed by atoms with Gasteiger partial charge in [0.15, 0.2) is 0 Å². The van der Waals surface area contributed by atoms with E-state index in [4.69, 9.17) is 10.5 Å². The predicted octanol–water partition coefficient (Wildman–Crippen LogP) is 0.732. The number of benzene rings is 1. The van der Waals surface area contributed by atoms with Crippen molar-refractivity contribution >= 4 is 10.0 Å². The monoisotopic (exact) mass is 284 g/mol. The van der Waals surface area contributed by atoms with Gasteiger partial charge in [-0.2, -0.15) is 4.31 Å². The summed E-state index contributed by atoms with van der Waals surface area (Å²) < 4.78 is 31.9. The average molecular weight is 284 g/mol. The molecule has 106 valence electrons. The Labute approximate surface area is 114 Å². The number of sulfonamides is 1. The van der Waals surface area contributed by atoms with Crippen molar-refractivity contribution in [1.29, 1.82) is 0 Å². The molecule has 0 aliphatic carbocycles. The largest absolute Gasteiger partial charge is 0.374 e. The molecule has 0 saturated carbocycles. The van der Waals surface area contributed by atoms with Crippen LogP contribution in [0, 0.1) is 6.92 Å². The summed E-state index contributed by atoms with van der Waals surface area (Å²) in [5, 5.41) is 0. The Morgan fingerprint density at radius 3 is 2.58 bits per heavy atom. The number of nitrogens with two attached hydrogens (primary N) is 1. The maximum absolute atomic E-state index is 12.5. The van der Waals surface area contributed by atoms with Gasteiger partial charge in [0.05, 0.1) is 17.6 Å². The molecule has 2 rings (SSSR count). The van der Waals surface area contributed by atoms with E-state index in [1.807, 2.05) is 13.8 Å². The highest BCUT2D eigenvalue weighted by Crippen LogP contribution is 2.19. The minimum absolute atomic E-state index is 0.184. The number of ether oxygens (including phenoxy) is 1. The first-order valence-electron chi connectivity index (χ1n) is 6.35. The van der Waals surface area contributed by atoms with E-state index in [9.17, 15) is 8.42 Å². The highest BCUT2D eigenvalue weighted by Gasteiger charge is 2.32. The first-order valence-corrected chi connectivity index (χ1v) is 7.79. The standard InChI is InChI=1S/C13H20N2O3S/c1-10-3-5-12(6-4-10)19(16,17)15-7-8-18-13(9-15)11(2)14/h3-6,11,13H,7-9,14H2,1-2H3. The lowest BCUT2D eigenvalue weighted by Gasteiger charge is -2.33. The third kappa shape index (κ3) is 3.14. The SMILES string of the molecule is Cc1ccc(S(=O)(=O)N2CCOC(C(C)N)C2)cc1. The minimum Gasteiger partial charge on any atom is -0.374 e. The van der Waals surface area contributed by atoms with E-state index < -0.39 is 10.0 Å². The number of morpholine rings is 1. The van der Waals surface area contributed by atoms with Gasteiger partial charge in [-0.1, -0.05) is 17.7 Å². The fourth-order valence-corrected chi connectivity index (χ4v) is 3.48. The molecule has 1 saturated heterocycles. The van der Waals surface area contributed by atoms with Gasteiger partial charge in [0, 0.05) is 19.1 Å². The van der Waals surface area contributed by atoms with Crippen LogP contribution in [-0.2, 0) is 14.8 Å². The van der Waals surface area contributed by atoms with Crippen molar-refractivity contribution in [3.63, 3.8) is 0 Å². The van der Waals surface area contributed by atoms with Crippen molar-refractivity contribution in [2.24, 2.45) is 5.73 Å². The van der Waals surface area contributed by atoms with Crippen LogP contribution in [0.3, 0.4) is 0 Å². The van der Waals surface area contributed by atoms with Gasteiger partial charge in [-0.05, 0) is 26.0 Å². The lowest BCUT2D eigenvalue weighted by atomic mass is 10.2. The molecule has 0 amide bonds. The molecule has 5 nitrogen and oxygen atoms in total. The minimum atomic E-state index is -3.45. The van der Waals surface area contributed by atoms with Gasteiger partial charge in [0.25, 0.3) is 0 Å². The van der Waals surface area contributed by atoms with Gasteiger partial charge in [-0.25, -0.2) is 8.42 Å². The van der Waals surface area contributed by atoms with Gasteiger partial charge in [-0.3, -0.25) is 0 Å². The van der Waals surface area contributed by atoms with Crippen LogP contribution in [0.4, 0.5) is 0 Å². The van der Waals surface area contributed by atoms with Crippen molar-refractivity contribution in [3.05, 3.63) is 29.8 Å². The second-order valence-electron chi connectivity index (χ2n) is 4.94. The molecular weight excluding hydrogens is 264 g/mol. The second kappa shape index (κ2) is 5.58. The molecule has 1 aliphatic rings. The Balaban J connectivity index is 2.22. The molecule has 0 bridgehead atoms. The molecule has 2 unspecified atom stereocenters. The number of nitrogens with zero attached hydrogens (tertiary/aromatic N) is 1. The van der Waals surface area contributed by atoms with Crippen molar-refractivity contribution < 1.29 is 13.2 Å². The molecule has 19 heavy (non-hydrogen) atoms. The molecular formula is C13H20N2O3S. The van der Waals surface area contributed by atoms with Gasteiger partial charge < -0.3 is 10.5 Å². The summed E-state index contributed by atoms with van der Waals surface area (Å²) in [6.45, 7) is 4.83. The van der Waals surface area contributed by atoms with E-state index in [0.717, 1.165) is 5.56 Å². The van der Waals surface area contributed by atoms with Gasteiger partial charge in [0.2, 0.25) is 10.0 Å². The summed E-state index contributed by atoms with van der Waals surface area (Å²) in [4.78, 5) is 0.323. The molecule has 0 aromatic heterocycles. The van der Waals surface area contributed by atoms with Crippen molar-refractivity contribution in [3.8, 4) is 0 Å². The molecule has 0 radical (unpaired) electrons. The van der Waals surface area contributed by atoms with Crippen LogP contribution in [0.5, 0.6) is 0 Å². The summed E-state index contributed by atoms with van der Waals surface area (Å²) >= 11 is 0. The molecule has 2 atom stereocenters. The fraction of sp³-hybridized carbons (Fsp3) is 0.538. The summed E-state index contributed by atoms with van der Waals surface area (Å²) in [7, 11) is -3.45. The van der Waals surface area contributed by atoms with Crippen LogP contribution < -0.4 is 5.73 Å². The highest BCUT2D eigenvalue weighted by molar-refractivity contribution is 7.89. The van der Waals surface area contributed by atoms with E-state index in [0.29, 0.717) is 24.6 Å². The van der Waals surface area contributed by atoms with Crippen molar-refractivity contribution in [2.45, 2.75) is 30.9 Å². The Morgan fingerprint density at radius 2 is 2.00 bits per heavy atom. The van der Waals surface area contributed by atoms with Crippen molar-refractivity contribution in [2.75, 3.05) is 19.7 Å². The Kier molecular flexibility index (Phi) is 4.25. The topological polar surface area (TPSA) is 72.6 Å². The van der Waals surface area contributed by atoms with Crippen molar-refractivity contribution in [1.82, 2.24) is 4.31 Å². The Bertz CT molecular complexity index is 525. The first kappa shape index (κ1) is 14.5. The maximum Gasteiger partial charge on any atom is 0.243 e. The van der Waals surface area contributed by atoms with Crippen LogP contribution in [0.1, 0.15) is 12.5 Å². The molecule has 1 heterocycles. The van der Waals surface area contributed by atoms with Crippen LogP contribution >= 0.6 is 0 Å². The molecule has 1 aliphatic heterocycles. The summed E-state index contributed by atoms with van der Waals surface area (Å²) in [5.41, 5.74) is 6.82. The van der Waals surface area contributed by atoms with E-state index in [-0.39, 0.29) is 12.1 Å². The zero-order chi connectivity index (χ0) is 14.0. The summed E-state index contributed by atoms with van der Waals surface area (Å²) in [6, 6.07) is 6.70. The fourth-order valence-electron chi connectivity index (χ4n) is 2.05. The van der Waals surface area contributed by atoms with Gasteiger partial charge in [0.1, 0.15) is 0 Å². The lowest BCUT2D eigenvalue weighted by molar-refractivity contribution is -0.0120. The third-order valence-electron chi connectivity index (χ3n) is 3.30. The quantitative estimate of drug-likeness (QED) is 0.888. The molecule has 6 heteroatoms. The van der Waals surface area contributed by atoms with Crippen LogP contribution in [0.15, 0.2) is 29.2 Å². The predicted molar refractivity (Wildman–Crippen MR) is 73.3 cm³/mol. The number of hydrogen-bond donors (Lipinski definition) is 1. The number of rotatable bonds is 3. The molecule has 1 fully saturated rings. The Hall–Kier alpha value is -0.950. The average Bonchev–Trinajstić information content (AvgIpc) is 2.39. The first-order chi connectivity index (χ1) is 8.91. The van der Waals surface area contributed by atoms with Crippen LogP contribution in [-0.4, -0.2) is 44.6 Å². The molecule has 1 aromatic carbocycles. The normalized spacial score (nSPS) is 23.2. The molecule has 2 N–H and O–H groups in total. The van der Waals surface area contributed by atoms with E-state index in [1.165, 1.54) is 4.31 Å². The van der Waals surface area contributed by atoms with Gasteiger partial charge in [-0.15, -0.1) is 0 Å². The van der Waals surface area contributed by atoms with E-state index >= 15 is 0 Å². The summed E-state index contributed by atoms with van der Waals surface area (Å²) in [6.07, 6.45) is -0.242. The number of aryl methyl sites for hydroxylation is 1. The molecule has 1 aromatic rings. The number of hydrogen-bond acceptors (Lipinski definition) is 4. The highest BCUT2D eigenvalue weighted by atomic mass is 32.2. The second-order valence-corrected chi connectivity index (χ2v) is 6.88. The Morgan fingerprint density at radius 1 is 1.37 bits per heavy atom. The maximum atomic E-state index is 12.5. The molecule has 0 spiro atoms. The van der Waals surface area contributed by atoms with Crippen LogP contribution in [0.25, 0.3) is 0 Å². The third-order valence-corrected chi connectivity index (χ3v) is 5.18. The summed E-state index contributed by atoms with van der Waals surface area (Å²) in [5.74, 6) is 0. The smallest absolute Gasteiger partial charge is 0.243 e. The van der Waals surface area contributed by atoms with E-state index in [1.54, 1.807) is 24.3 Å².